The van der Waals surface area contributed by atoms with E-state index in [1.165, 1.54) is 45.0 Å². The van der Waals surface area contributed by atoms with E-state index in [1.54, 1.807) is 0 Å². The molecule has 0 aliphatic heterocycles. The normalized spacial score (nSPS) is 11.6. The third-order valence-electron chi connectivity index (χ3n) is 9.27. The second kappa shape index (κ2) is 13.2. The van der Waals surface area contributed by atoms with Crippen molar-refractivity contribution in [2.24, 2.45) is 5.92 Å². The van der Waals surface area contributed by atoms with E-state index < -0.39 is 0 Å². The van der Waals surface area contributed by atoms with Gasteiger partial charge in [0.15, 0.2) is 0 Å². The number of pyridine rings is 1. The van der Waals surface area contributed by atoms with Crippen molar-refractivity contribution in [1.82, 2.24) is 19.3 Å². The summed E-state index contributed by atoms with van der Waals surface area (Å²) in [6.07, 6.45) is 6.14. The standard InChI is InChI=1S/C43H44N4O/c1-7-11-33-23-35(47-31(6)43(30(5)45-47)34-12-9-8-10-13-34)26-37(24-33)48-36-17-18-38-39-25-32(15-14-28(2)3)16-19-40(39)46(41(38)27-36)42-22-29(4)20-21-44-42/h8-10,12-13,16-28H,7,11,14-15H2,1-6H3. The van der Waals surface area contributed by atoms with E-state index in [0.717, 1.165) is 64.7 Å². The number of ether oxygens (including phenoxy) is 1. The average Bonchev–Trinajstić information content (AvgIpc) is 3.56. The van der Waals surface area contributed by atoms with Gasteiger partial charge in [0.1, 0.15) is 17.3 Å². The molecule has 0 saturated heterocycles. The highest BCUT2D eigenvalue weighted by Gasteiger charge is 2.18. The van der Waals surface area contributed by atoms with Crippen molar-refractivity contribution in [2.75, 3.05) is 0 Å². The Bertz CT molecular complexity index is 2240. The van der Waals surface area contributed by atoms with Crippen LogP contribution in [0.1, 0.15) is 61.7 Å². The van der Waals surface area contributed by atoms with Crippen LogP contribution < -0.4 is 4.74 Å². The Balaban J connectivity index is 1.32. The molecule has 4 aromatic carbocycles. The Labute approximate surface area is 283 Å². The fourth-order valence-corrected chi connectivity index (χ4v) is 6.92. The molecular formula is C43H44N4O. The van der Waals surface area contributed by atoms with Crippen molar-refractivity contribution < 1.29 is 4.74 Å². The highest BCUT2D eigenvalue weighted by Crippen LogP contribution is 2.37. The Morgan fingerprint density at radius 1 is 0.729 bits per heavy atom. The first kappa shape index (κ1) is 31.4. The summed E-state index contributed by atoms with van der Waals surface area (Å²) >= 11 is 0. The van der Waals surface area contributed by atoms with Gasteiger partial charge in [-0.25, -0.2) is 9.67 Å². The molecule has 5 nitrogen and oxygen atoms in total. The van der Waals surface area contributed by atoms with Gasteiger partial charge in [0, 0.05) is 40.4 Å². The maximum absolute atomic E-state index is 6.72. The molecule has 0 N–H and O–H groups in total. The van der Waals surface area contributed by atoms with Gasteiger partial charge >= 0.3 is 0 Å². The third-order valence-corrected chi connectivity index (χ3v) is 9.27. The molecule has 0 aliphatic carbocycles. The van der Waals surface area contributed by atoms with E-state index in [1.807, 2.05) is 12.3 Å². The third kappa shape index (κ3) is 6.13. The largest absolute Gasteiger partial charge is 0.457 e. The zero-order valence-corrected chi connectivity index (χ0v) is 28.9. The minimum Gasteiger partial charge on any atom is -0.457 e. The van der Waals surface area contributed by atoms with Gasteiger partial charge in [-0.15, -0.1) is 0 Å². The van der Waals surface area contributed by atoms with E-state index in [4.69, 9.17) is 14.8 Å². The molecule has 0 radical (unpaired) electrons. The number of nitrogens with zero attached hydrogens (tertiary/aromatic N) is 4. The molecule has 3 heterocycles. The van der Waals surface area contributed by atoms with Crippen LogP contribution in [-0.2, 0) is 12.8 Å². The Hall–Kier alpha value is -5.16. The first-order valence-electron chi connectivity index (χ1n) is 17.2. The van der Waals surface area contributed by atoms with E-state index in [9.17, 15) is 0 Å². The van der Waals surface area contributed by atoms with Gasteiger partial charge in [0.25, 0.3) is 0 Å². The van der Waals surface area contributed by atoms with Gasteiger partial charge in [-0.1, -0.05) is 63.6 Å². The lowest BCUT2D eigenvalue weighted by atomic mass is 10.0. The van der Waals surface area contributed by atoms with Crippen LogP contribution in [0.2, 0.25) is 0 Å². The Kier molecular flexibility index (Phi) is 8.62. The monoisotopic (exact) mass is 632 g/mol. The van der Waals surface area contributed by atoms with Crippen LogP contribution in [0.25, 0.3) is 44.4 Å². The maximum atomic E-state index is 6.72. The summed E-state index contributed by atoms with van der Waals surface area (Å²) in [6, 6.07) is 34.6. The van der Waals surface area contributed by atoms with Gasteiger partial charge in [-0.05, 0) is 117 Å². The fraction of sp³-hybridized carbons (Fsp3) is 0.256. The number of aryl methyl sites for hydroxylation is 4. The molecule has 5 heteroatoms. The smallest absolute Gasteiger partial charge is 0.137 e. The fourth-order valence-electron chi connectivity index (χ4n) is 6.92. The van der Waals surface area contributed by atoms with Gasteiger partial charge < -0.3 is 4.74 Å². The molecule has 0 spiro atoms. The van der Waals surface area contributed by atoms with Crippen molar-refractivity contribution in [3.63, 3.8) is 0 Å². The number of benzene rings is 4. The highest BCUT2D eigenvalue weighted by atomic mass is 16.5. The minimum atomic E-state index is 0.668. The van der Waals surface area contributed by atoms with Gasteiger partial charge in [-0.3, -0.25) is 4.57 Å². The van der Waals surface area contributed by atoms with E-state index in [-0.39, 0.29) is 0 Å². The predicted octanol–water partition coefficient (Wildman–Crippen LogP) is 11.3. The molecule has 0 amide bonds. The summed E-state index contributed by atoms with van der Waals surface area (Å²) in [6.45, 7) is 13.1. The topological polar surface area (TPSA) is 44.9 Å². The number of fused-ring (bicyclic) bond motifs is 3. The lowest BCUT2D eigenvalue weighted by Gasteiger charge is -2.13. The lowest BCUT2D eigenvalue weighted by molar-refractivity contribution is 0.482. The van der Waals surface area contributed by atoms with Crippen LogP contribution in [0, 0.1) is 26.7 Å². The molecule has 0 aliphatic rings. The van der Waals surface area contributed by atoms with Gasteiger partial charge in [0.05, 0.1) is 22.4 Å². The summed E-state index contributed by atoms with van der Waals surface area (Å²) < 4.78 is 11.1. The lowest BCUT2D eigenvalue weighted by Crippen LogP contribution is -2.01. The quantitative estimate of drug-likeness (QED) is 0.151. The molecule has 0 fully saturated rings. The molecule has 0 bridgehead atoms. The van der Waals surface area contributed by atoms with E-state index >= 15 is 0 Å². The number of aromatic nitrogens is 4. The van der Waals surface area contributed by atoms with Crippen molar-refractivity contribution in [3.8, 4) is 34.1 Å². The molecule has 7 rings (SSSR count). The van der Waals surface area contributed by atoms with Gasteiger partial charge in [-0.2, -0.15) is 5.10 Å². The summed E-state index contributed by atoms with van der Waals surface area (Å²) in [5.74, 6) is 3.17. The molecule has 7 aromatic rings. The molecular weight excluding hydrogens is 589 g/mol. The van der Waals surface area contributed by atoms with Crippen LogP contribution in [0.4, 0.5) is 0 Å². The van der Waals surface area contributed by atoms with E-state index in [0.29, 0.717) is 5.92 Å². The zero-order valence-electron chi connectivity index (χ0n) is 28.9. The number of hydrogen-bond donors (Lipinski definition) is 0. The highest BCUT2D eigenvalue weighted by molar-refractivity contribution is 6.09. The van der Waals surface area contributed by atoms with Gasteiger partial charge in [0.2, 0.25) is 0 Å². The minimum absolute atomic E-state index is 0.668. The first-order valence-corrected chi connectivity index (χ1v) is 17.2. The second-order valence-electron chi connectivity index (χ2n) is 13.5. The summed E-state index contributed by atoms with van der Waals surface area (Å²) in [4.78, 5) is 4.81. The summed E-state index contributed by atoms with van der Waals surface area (Å²) in [5, 5.41) is 7.44. The molecule has 0 saturated carbocycles. The van der Waals surface area contributed by atoms with Crippen molar-refractivity contribution in [1.29, 1.82) is 0 Å². The van der Waals surface area contributed by atoms with E-state index in [2.05, 4.69) is 142 Å². The Morgan fingerprint density at radius 3 is 2.33 bits per heavy atom. The first-order chi connectivity index (χ1) is 23.3. The van der Waals surface area contributed by atoms with Crippen molar-refractivity contribution in [2.45, 2.75) is 67.2 Å². The molecule has 0 atom stereocenters. The van der Waals surface area contributed by atoms with Crippen LogP contribution in [0.3, 0.4) is 0 Å². The van der Waals surface area contributed by atoms with Crippen LogP contribution in [-0.4, -0.2) is 19.3 Å². The molecule has 3 aromatic heterocycles. The Morgan fingerprint density at radius 2 is 1.56 bits per heavy atom. The molecule has 242 valence electrons. The molecule has 48 heavy (non-hydrogen) atoms. The SMILES string of the molecule is CCCc1cc(Oc2ccc3c4cc(CCC(C)C)ccc4n(-c4cc(C)ccn4)c3c2)cc(-n2nc(C)c(-c3ccccc3)c2C)c1. The summed E-state index contributed by atoms with van der Waals surface area (Å²) in [5.41, 5.74) is 11.5. The van der Waals surface area contributed by atoms with Crippen LogP contribution >= 0.6 is 0 Å². The maximum Gasteiger partial charge on any atom is 0.137 e. The average molecular weight is 633 g/mol. The van der Waals surface area contributed by atoms with Crippen molar-refractivity contribution in [3.05, 3.63) is 131 Å². The van der Waals surface area contributed by atoms with Crippen LogP contribution in [0.15, 0.2) is 103 Å². The summed E-state index contributed by atoms with van der Waals surface area (Å²) in [7, 11) is 0. The predicted molar refractivity (Wildman–Crippen MR) is 199 cm³/mol. The second-order valence-corrected chi connectivity index (χ2v) is 13.5. The number of hydrogen-bond acceptors (Lipinski definition) is 3. The van der Waals surface area contributed by atoms with Crippen molar-refractivity contribution >= 4 is 21.8 Å². The zero-order chi connectivity index (χ0) is 33.4. The van der Waals surface area contributed by atoms with Crippen LogP contribution in [0.5, 0.6) is 11.5 Å². The molecule has 0 unspecified atom stereocenters. The number of rotatable bonds is 10.